The molecule has 4 nitrogen and oxygen atoms in total. The van der Waals surface area contributed by atoms with Crippen molar-refractivity contribution in [2.45, 2.75) is 109 Å². The first-order chi connectivity index (χ1) is 16.3. The third-order valence-corrected chi connectivity index (χ3v) is 18.1. The molecule has 0 bridgehead atoms. The van der Waals surface area contributed by atoms with Crippen LogP contribution in [0.5, 0.6) is 0 Å². The second-order valence-corrected chi connectivity index (χ2v) is 23.8. The molecule has 0 heterocycles. The number of ketones is 1. The molecule has 0 aliphatic heterocycles. The molecule has 1 aromatic carbocycles. The molecule has 0 fully saturated rings. The lowest BCUT2D eigenvalue weighted by Crippen LogP contribution is -2.41. The Morgan fingerprint density at radius 2 is 1.36 bits per heavy atom. The molecule has 204 valence electrons. The van der Waals surface area contributed by atoms with Gasteiger partial charge in [0.15, 0.2) is 22.4 Å². The van der Waals surface area contributed by atoms with Gasteiger partial charge >= 0.3 is 0 Å². The molecule has 0 aliphatic rings. The highest BCUT2D eigenvalue weighted by atomic mass is 32.2. The Labute approximate surface area is 225 Å². The maximum atomic E-state index is 13.3. The van der Waals surface area contributed by atoms with Crippen LogP contribution in [0.15, 0.2) is 52.3 Å². The SMILES string of the molecule is C=C(/C(=C/C(=O)CCCO[Si](C)(C)C(C)(C)C)CCO[Si](C)(C)C(C)(C)C)S(=O)c1ccc(C)cc1. The van der Waals surface area contributed by atoms with Gasteiger partial charge in [-0.15, -0.1) is 0 Å². The molecular weight excluding hydrogens is 501 g/mol. The largest absolute Gasteiger partial charge is 0.417 e. The summed E-state index contributed by atoms with van der Waals surface area (Å²) in [5, 5.41) is 0.241. The molecule has 1 rings (SSSR count). The second-order valence-electron chi connectivity index (χ2n) is 12.7. The molecule has 0 saturated heterocycles. The molecule has 0 aromatic heterocycles. The summed E-state index contributed by atoms with van der Waals surface area (Å²) in [4.78, 5) is 14.1. The van der Waals surface area contributed by atoms with Crippen LogP contribution in [-0.4, -0.2) is 39.8 Å². The van der Waals surface area contributed by atoms with Crippen molar-refractivity contribution in [3.05, 3.63) is 53.0 Å². The predicted molar refractivity (Wildman–Crippen MR) is 160 cm³/mol. The van der Waals surface area contributed by atoms with E-state index in [0.717, 1.165) is 5.56 Å². The molecule has 0 spiro atoms. The first-order valence-electron chi connectivity index (χ1n) is 13.0. The number of rotatable bonds is 13. The maximum absolute atomic E-state index is 13.3. The van der Waals surface area contributed by atoms with Crippen LogP contribution >= 0.6 is 0 Å². The van der Waals surface area contributed by atoms with Crippen LogP contribution < -0.4 is 0 Å². The summed E-state index contributed by atoms with van der Waals surface area (Å²) >= 11 is 0. The van der Waals surface area contributed by atoms with E-state index in [1.54, 1.807) is 6.08 Å². The number of carbonyl (C=O) groups excluding carboxylic acids is 1. The molecule has 36 heavy (non-hydrogen) atoms. The van der Waals surface area contributed by atoms with Crippen LogP contribution in [0, 0.1) is 6.92 Å². The second kappa shape index (κ2) is 13.1. The van der Waals surface area contributed by atoms with E-state index in [1.807, 2.05) is 31.2 Å². The number of hydrogen-bond acceptors (Lipinski definition) is 4. The average Bonchev–Trinajstić information content (AvgIpc) is 2.74. The van der Waals surface area contributed by atoms with Gasteiger partial charge in [0, 0.05) is 29.4 Å². The fraction of sp³-hybridized carbons (Fsp3) is 0.621. The third-order valence-electron chi connectivity index (χ3n) is 7.63. The highest BCUT2D eigenvalue weighted by Crippen LogP contribution is 2.37. The van der Waals surface area contributed by atoms with E-state index in [-0.39, 0.29) is 15.9 Å². The molecule has 1 atom stereocenters. The van der Waals surface area contributed by atoms with Gasteiger partial charge in [0.2, 0.25) is 0 Å². The topological polar surface area (TPSA) is 52.6 Å². The summed E-state index contributed by atoms with van der Waals surface area (Å²) in [6.07, 6.45) is 3.21. The van der Waals surface area contributed by atoms with Crippen LogP contribution in [0.1, 0.15) is 66.4 Å². The van der Waals surface area contributed by atoms with Crippen molar-refractivity contribution in [1.29, 1.82) is 0 Å². The van der Waals surface area contributed by atoms with E-state index in [1.165, 1.54) is 0 Å². The van der Waals surface area contributed by atoms with Gasteiger partial charge in [0.1, 0.15) is 0 Å². The third kappa shape index (κ3) is 9.97. The Morgan fingerprint density at radius 1 is 0.889 bits per heavy atom. The van der Waals surface area contributed by atoms with E-state index < -0.39 is 27.4 Å². The van der Waals surface area contributed by atoms with E-state index in [9.17, 15) is 9.00 Å². The number of allylic oxidation sites excluding steroid dienone is 2. The maximum Gasteiger partial charge on any atom is 0.191 e. The van der Waals surface area contributed by atoms with Crippen molar-refractivity contribution in [2.75, 3.05) is 13.2 Å². The van der Waals surface area contributed by atoms with Gasteiger partial charge in [-0.1, -0.05) is 65.8 Å². The number of benzene rings is 1. The Hall–Kier alpha value is -1.13. The minimum Gasteiger partial charge on any atom is -0.417 e. The quantitative estimate of drug-likeness (QED) is 0.107. The minimum atomic E-state index is -1.93. The molecule has 0 radical (unpaired) electrons. The van der Waals surface area contributed by atoms with Crippen molar-refractivity contribution < 1.29 is 17.9 Å². The molecule has 0 amide bonds. The van der Waals surface area contributed by atoms with Gasteiger partial charge in [0.25, 0.3) is 0 Å². The van der Waals surface area contributed by atoms with E-state index in [4.69, 9.17) is 8.85 Å². The number of aryl methyl sites for hydroxylation is 1. The monoisotopic (exact) mass is 550 g/mol. The Bertz CT molecular complexity index is 949. The molecule has 0 saturated carbocycles. The lowest BCUT2D eigenvalue weighted by molar-refractivity contribution is -0.114. The van der Waals surface area contributed by atoms with Gasteiger partial charge in [-0.25, -0.2) is 4.21 Å². The standard InChI is InChI=1S/C29H50O4SSi2/c1-23-15-17-27(18-16-23)34(31)24(2)25(19-21-33-36(11,12)29(6,7)8)22-26(30)14-13-20-32-35(9,10)28(3,4)5/h15-18,22H,2,13-14,19-21H2,1,3-12H3/b25-22+. The fourth-order valence-electron chi connectivity index (χ4n) is 2.90. The van der Waals surface area contributed by atoms with Crippen molar-refractivity contribution >= 4 is 33.2 Å². The summed E-state index contributed by atoms with van der Waals surface area (Å²) in [5.74, 6) is 0.0122. The predicted octanol–water partition coefficient (Wildman–Crippen LogP) is 8.33. The van der Waals surface area contributed by atoms with Crippen LogP contribution in [0.3, 0.4) is 0 Å². The first kappa shape index (κ1) is 32.9. The zero-order valence-corrected chi connectivity index (χ0v) is 27.5. The molecular formula is C29H50O4SSi2. The molecule has 7 heteroatoms. The van der Waals surface area contributed by atoms with Gasteiger partial charge < -0.3 is 8.85 Å². The van der Waals surface area contributed by atoms with Crippen molar-refractivity contribution in [1.82, 2.24) is 0 Å². The smallest absolute Gasteiger partial charge is 0.191 e. The molecule has 1 unspecified atom stereocenters. The lowest BCUT2D eigenvalue weighted by atomic mass is 10.1. The average molecular weight is 551 g/mol. The number of carbonyl (C=O) groups is 1. The van der Waals surface area contributed by atoms with Gasteiger partial charge in [-0.3, -0.25) is 4.79 Å². The minimum absolute atomic E-state index is 0.0122. The molecule has 0 aliphatic carbocycles. The zero-order chi connectivity index (χ0) is 27.9. The van der Waals surface area contributed by atoms with Crippen LogP contribution in [0.2, 0.25) is 36.3 Å². The van der Waals surface area contributed by atoms with Gasteiger partial charge in [-0.2, -0.15) is 0 Å². The van der Waals surface area contributed by atoms with Crippen molar-refractivity contribution in [2.24, 2.45) is 0 Å². The first-order valence-corrected chi connectivity index (χ1v) is 19.9. The molecule has 1 aromatic rings. The Kier molecular flexibility index (Phi) is 12.0. The van der Waals surface area contributed by atoms with Crippen LogP contribution in [0.4, 0.5) is 0 Å². The van der Waals surface area contributed by atoms with E-state index >= 15 is 0 Å². The zero-order valence-electron chi connectivity index (χ0n) is 24.7. The summed E-state index contributed by atoms with van der Waals surface area (Å²) in [6.45, 7) is 29.3. The Balaban J connectivity index is 2.96. The van der Waals surface area contributed by atoms with Crippen molar-refractivity contribution in [3.8, 4) is 0 Å². The summed E-state index contributed by atoms with van der Waals surface area (Å²) in [5.41, 5.74) is 1.82. The highest BCUT2D eigenvalue weighted by Gasteiger charge is 2.37. The lowest BCUT2D eigenvalue weighted by Gasteiger charge is -2.36. The normalized spacial score (nSPS) is 14.6. The molecule has 0 N–H and O–H groups in total. The van der Waals surface area contributed by atoms with E-state index in [0.29, 0.717) is 47.8 Å². The van der Waals surface area contributed by atoms with E-state index in [2.05, 4.69) is 74.3 Å². The van der Waals surface area contributed by atoms with Gasteiger partial charge in [0.05, 0.1) is 10.8 Å². The summed E-state index contributed by atoms with van der Waals surface area (Å²) in [7, 11) is -5.19. The van der Waals surface area contributed by atoms with Crippen LogP contribution in [-0.2, 0) is 24.4 Å². The number of hydrogen-bond donors (Lipinski definition) is 0. The van der Waals surface area contributed by atoms with Crippen LogP contribution in [0.25, 0.3) is 0 Å². The van der Waals surface area contributed by atoms with Gasteiger partial charge in [-0.05, 0) is 79.8 Å². The fourth-order valence-corrected chi connectivity index (χ4v) is 6.10. The highest BCUT2D eigenvalue weighted by molar-refractivity contribution is 7.89. The summed E-state index contributed by atoms with van der Waals surface area (Å²) in [6, 6.07) is 7.61. The summed E-state index contributed by atoms with van der Waals surface area (Å²) < 4.78 is 25.9. The van der Waals surface area contributed by atoms with Crippen molar-refractivity contribution in [3.63, 3.8) is 0 Å². The Morgan fingerprint density at radius 3 is 1.83 bits per heavy atom.